The predicted octanol–water partition coefficient (Wildman–Crippen LogP) is 2.79. The summed E-state index contributed by atoms with van der Waals surface area (Å²) in [5.41, 5.74) is 2.99. The van der Waals surface area contributed by atoms with Crippen LogP contribution in [0.4, 0.5) is 0 Å². The summed E-state index contributed by atoms with van der Waals surface area (Å²) >= 11 is 1.52. The Morgan fingerprint density at radius 3 is 2.74 bits per heavy atom. The van der Waals surface area contributed by atoms with Crippen LogP contribution in [-0.4, -0.2) is 28.2 Å². The van der Waals surface area contributed by atoms with Crippen LogP contribution in [0, 0.1) is 13.8 Å². The summed E-state index contributed by atoms with van der Waals surface area (Å²) in [5.74, 6) is 0. The van der Waals surface area contributed by atoms with Crippen LogP contribution in [0.25, 0.3) is 15.9 Å². The first-order valence-corrected chi connectivity index (χ1v) is 9.25. The third-order valence-corrected chi connectivity index (χ3v) is 6.35. The van der Waals surface area contributed by atoms with Gasteiger partial charge in [0.1, 0.15) is 0 Å². The Labute approximate surface area is 136 Å². The lowest BCUT2D eigenvalue weighted by atomic mass is 10.1. The average Bonchev–Trinajstić information content (AvgIpc) is 3.14. The number of benzene rings is 1. The number of hydrogen-bond donors (Lipinski definition) is 0. The van der Waals surface area contributed by atoms with Gasteiger partial charge in [-0.15, -0.1) is 16.4 Å². The molecular formula is C15H12N4O2S2. The molecule has 0 bridgehead atoms. The molecule has 23 heavy (non-hydrogen) atoms. The van der Waals surface area contributed by atoms with E-state index in [9.17, 15) is 8.42 Å². The summed E-state index contributed by atoms with van der Waals surface area (Å²) in [7, 11) is -3.77. The molecule has 3 aromatic heterocycles. The average molecular weight is 344 g/mol. The fourth-order valence-corrected chi connectivity index (χ4v) is 4.47. The molecule has 0 saturated heterocycles. The molecule has 4 rings (SSSR count). The number of aryl methyl sites for hydroxylation is 2. The quantitative estimate of drug-likeness (QED) is 0.559. The maximum Gasteiger partial charge on any atom is 0.229 e. The third-order valence-electron chi connectivity index (χ3n) is 3.87. The molecule has 0 radical (unpaired) electrons. The Bertz CT molecular complexity index is 1160. The van der Waals surface area contributed by atoms with Crippen LogP contribution in [0.3, 0.4) is 0 Å². The molecule has 0 aliphatic rings. The Hall–Kier alpha value is -2.32. The van der Waals surface area contributed by atoms with Crippen molar-refractivity contribution in [1.82, 2.24) is 19.8 Å². The van der Waals surface area contributed by atoms with Crippen molar-refractivity contribution in [2.75, 3.05) is 0 Å². The molecule has 0 atom stereocenters. The number of fused-ring (bicyclic) bond motifs is 3. The van der Waals surface area contributed by atoms with E-state index in [1.807, 2.05) is 25.3 Å². The fraction of sp³-hybridized carbons (Fsp3) is 0.133. The van der Waals surface area contributed by atoms with Gasteiger partial charge in [0, 0.05) is 6.20 Å². The number of sulfone groups is 1. The summed E-state index contributed by atoms with van der Waals surface area (Å²) < 4.78 is 28.2. The van der Waals surface area contributed by atoms with E-state index in [-0.39, 0.29) is 15.6 Å². The van der Waals surface area contributed by atoms with Crippen LogP contribution < -0.4 is 0 Å². The van der Waals surface area contributed by atoms with Gasteiger partial charge in [-0.2, -0.15) is 4.52 Å². The van der Waals surface area contributed by atoms with Crippen LogP contribution in [0.1, 0.15) is 11.1 Å². The van der Waals surface area contributed by atoms with Gasteiger partial charge >= 0.3 is 0 Å². The number of hydrogen-bond acceptors (Lipinski definition) is 6. The Morgan fingerprint density at radius 2 is 1.96 bits per heavy atom. The van der Waals surface area contributed by atoms with Gasteiger partial charge in [0.05, 0.1) is 15.1 Å². The summed E-state index contributed by atoms with van der Waals surface area (Å²) in [4.78, 5) is 4.45. The highest BCUT2D eigenvalue weighted by atomic mass is 32.2. The number of aromatic nitrogens is 4. The van der Waals surface area contributed by atoms with E-state index in [1.54, 1.807) is 24.4 Å². The molecule has 0 N–H and O–H groups in total. The standard InChI is InChI=1S/C15H12N4O2S2/c1-9-3-4-11(7-10(9)2)23(20,21)15-14-16-8-13-12(5-6-22-13)19(14)18-17-15/h3-8H,1-2H3. The highest BCUT2D eigenvalue weighted by Gasteiger charge is 2.26. The van der Waals surface area contributed by atoms with Crippen LogP contribution in [0.15, 0.2) is 45.8 Å². The molecule has 0 unspecified atom stereocenters. The molecule has 8 heteroatoms. The summed E-state index contributed by atoms with van der Waals surface area (Å²) in [5, 5.41) is 9.67. The Balaban J connectivity index is 1.98. The van der Waals surface area contributed by atoms with E-state index >= 15 is 0 Å². The molecule has 0 spiro atoms. The zero-order chi connectivity index (χ0) is 16.2. The van der Waals surface area contributed by atoms with Gasteiger partial charge in [-0.3, -0.25) is 0 Å². The van der Waals surface area contributed by atoms with Gasteiger partial charge in [0.15, 0.2) is 5.65 Å². The van der Waals surface area contributed by atoms with Gasteiger partial charge in [-0.1, -0.05) is 11.3 Å². The summed E-state index contributed by atoms with van der Waals surface area (Å²) in [6, 6.07) is 6.90. The maximum atomic E-state index is 12.9. The van der Waals surface area contributed by atoms with Gasteiger partial charge in [0.25, 0.3) is 0 Å². The lowest BCUT2D eigenvalue weighted by molar-refractivity contribution is 0.592. The zero-order valence-electron chi connectivity index (χ0n) is 12.4. The first-order chi connectivity index (χ1) is 11.0. The maximum absolute atomic E-state index is 12.9. The van der Waals surface area contributed by atoms with Gasteiger partial charge < -0.3 is 0 Å². The van der Waals surface area contributed by atoms with E-state index in [0.717, 1.165) is 21.3 Å². The van der Waals surface area contributed by atoms with Crippen molar-refractivity contribution in [2.45, 2.75) is 23.8 Å². The summed E-state index contributed by atoms with van der Waals surface area (Å²) in [6.45, 7) is 3.82. The minimum atomic E-state index is -3.77. The molecule has 116 valence electrons. The van der Waals surface area contributed by atoms with Crippen molar-refractivity contribution in [3.63, 3.8) is 0 Å². The molecule has 0 amide bonds. The second kappa shape index (κ2) is 4.84. The number of rotatable bonds is 2. The molecule has 1 aromatic carbocycles. The van der Waals surface area contributed by atoms with Crippen LogP contribution in [-0.2, 0) is 9.84 Å². The second-order valence-electron chi connectivity index (χ2n) is 5.31. The van der Waals surface area contributed by atoms with Crippen molar-refractivity contribution in [3.05, 3.63) is 47.0 Å². The second-order valence-corrected chi connectivity index (χ2v) is 8.12. The molecule has 0 fully saturated rings. The van der Waals surface area contributed by atoms with E-state index in [4.69, 9.17) is 0 Å². The molecule has 0 saturated carbocycles. The van der Waals surface area contributed by atoms with Crippen molar-refractivity contribution < 1.29 is 8.42 Å². The van der Waals surface area contributed by atoms with Crippen molar-refractivity contribution in [2.24, 2.45) is 0 Å². The van der Waals surface area contributed by atoms with Gasteiger partial charge in [-0.25, -0.2) is 13.4 Å². The van der Waals surface area contributed by atoms with E-state index in [0.29, 0.717) is 0 Å². The summed E-state index contributed by atoms with van der Waals surface area (Å²) in [6.07, 6.45) is 1.65. The largest absolute Gasteiger partial charge is 0.233 e. The van der Waals surface area contributed by atoms with Crippen molar-refractivity contribution in [1.29, 1.82) is 0 Å². The molecule has 3 heterocycles. The van der Waals surface area contributed by atoms with Gasteiger partial charge in [-0.05, 0) is 48.6 Å². The zero-order valence-corrected chi connectivity index (χ0v) is 14.0. The molecule has 0 aliphatic heterocycles. The van der Waals surface area contributed by atoms with Crippen LogP contribution in [0.5, 0.6) is 0 Å². The Kier molecular flexibility index (Phi) is 3.00. The predicted molar refractivity (Wildman–Crippen MR) is 87.5 cm³/mol. The van der Waals surface area contributed by atoms with E-state index in [1.165, 1.54) is 15.9 Å². The lowest BCUT2D eigenvalue weighted by Gasteiger charge is -2.05. The monoisotopic (exact) mass is 344 g/mol. The Morgan fingerprint density at radius 1 is 1.13 bits per heavy atom. The van der Waals surface area contributed by atoms with E-state index in [2.05, 4.69) is 15.3 Å². The van der Waals surface area contributed by atoms with Gasteiger partial charge in [0.2, 0.25) is 14.9 Å². The molecule has 6 nitrogen and oxygen atoms in total. The smallest absolute Gasteiger partial charge is 0.229 e. The molecular weight excluding hydrogens is 332 g/mol. The van der Waals surface area contributed by atoms with Crippen molar-refractivity contribution in [3.8, 4) is 0 Å². The topological polar surface area (TPSA) is 77.2 Å². The SMILES string of the molecule is Cc1ccc(S(=O)(=O)c2nnn3c2ncc2sccc23)cc1C. The first kappa shape index (κ1) is 14.3. The fourth-order valence-electron chi connectivity index (χ4n) is 2.41. The third kappa shape index (κ3) is 2.06. The number of nitrogens with zero attached hydrogens (tertiary/aromatic N) is 4. The highest BCUT2D eigenvalue weighted by Crippen LogP contribution is 2.26. The number of thiophene rings is 1. The van der Waals surface area contributed by atoms with Crippen LogP contribution >= 0.6 is 11.3 Å². The van der Waals surface area contributed by atoms with E-state index < -0.39 is 9.84 Å². The minimum Gasteiger partial charge on any atom is -0.233 e. The highest BCUT2D eigenvalue weighted by molar-refractivity contribution is 7.91. The normalized spacial score (nSPS) is 12.3. The van der Waals surface area contributed by atoms with Crippen molar-refractivity contribution >= 4 is 37.0 Å². The molecule has 4 aromatic rings. The minimum absolute atomic E-state index is 0.117. The first-order valence-electron chi connectivity index (χ1n) is 6.88. The van der Waals surface area contributed by atoms with Crippen LogP contribution in [0.2, 0.25) is 0 Å². The molecule has 0 aliphatic carbocycles. The lowest BCUT2D eigenvalue weighted by Crippen LogP contribution is -2.04.